The number of carbonyl (C=O) groups is 2. The summed E-state index contributed by atoms with van der Waals surface area (Å²) < 4.78 is 0. The van der Waals surface area contributed by atoms with Gasteiger partial charge in [-0.3, -0.25) is 4.98 Å². The van der Waals surface area contributed by atoms with Crippen molar-refractivity contribution in [2.75, 3.05) is 25.5 Å². The number of carboxylic acid groups (broad SMARTS) is 1. The number of aliphatic hydroxyl groups excluding tert-OH is 1. The average Bonchev–Trinajstić information content (AvgIpc) is 2.36. The van der Waals surface area contributed by atoms with Crippen LogP contribution in [-0.2, 0) is 0 Å². The Labute approximate surface area is 104 Å². The third kappa shape index (κ3) is 4.02. The second-order valence-corrected chi connectivity index (χ2v) is 3.70. The van der Waals surface area contributed by atoms with Crippen molar-refractivity contribution in [3.63, 3.8) is 0 Å². The van der Waals surface area contributed by atoms with E-state index in [9.17, 15) is 9.59 Å². The highest BCUT2D eigenvalue weighted by Crippen LogP contribution is 2.09. The van der Waals surface area contributed by atoms with Gasteiger partial charge in [0, 0.05) is 26.4 Å². The molecule has 0 unspecified atom stereocenters. The molecule has 1 aromatic rings. The number of rotatable bonds is 5. The Hall–Kier alpha value is -2.15. The summed E-state index contributed by atoms with van der Waals surface area (Å²) in [5, 5.41) is 20.0. The molecule has 1 heterocycles. The summed E-state index contributed by atoms with van der Waals surface area (Å²) in [7, 11) is 1.58. The fourth-order valence-corrected chi connectivity index (χ4v) is 1.25. The summed E-state index contributed by atoms with van der Waals surface area (Å²) in [6.07, 6.45) is 3.05. The highest BCUT2D eigenvalue weighted by Gasteiger charge is 2.10. The fourth-order valence-electron chi connectivity index (χ4n) is 1.25. The highest BCUT2D eigenvalue weighted by atomic mass is 16.4. The lowest BCUT2D eigenvalue weighted by atomic mass is 10.2. The summed E-state index contributed by atoms with van der Waals surface area (Å²) in [5.41, 5.74) is 0.321. The Balaban J connectivity index is 2.64. The van der Waals surface area contributed by atoms with E-state index in [2.05, 4.69) is 10.3 Å². The minimum absolute atomic E-state index is 0.00538. The minimum Gasteiger partial charge on any atom is -0.478 e. The van der Waals surface area contributed by atoms with Gasteiger partial charge in [0.1, 0.15) is 0 Å². The first-order chi connectivity index (χ1) is 8.54. The number of nitrogens with one attached hydrogen (secondary N) is 1. The van der Waals surface area contributed by atoms with Crippen LogP contribution >= 0.6 is 0 Å². The second-order valence-electron chi connectivity index (χ2n) is 3.70. The molecule has 7 heteroatoms. The lowest BCUT2D eigenvalue weighted by molar-refractivity contribution is 0.0696. The van der Waals surface area contributed by atoms with E-state index in [0.717, 1.165) is 0 Å². The van der Waals surface area contributed by atoms with E-state index in [4.69, 9.17) is 10.2 Å². The Morgan fingerprint density at radius 1 is 1.44 bits per heavy atom. The van der Waals surface area contributed by atoms with Crippen LogP contribution in [0.15, 0.2) is 18.5 Å². The topological polar surface area (TPSA) is 103 Å². The first-order valence-electron chi connectivity index (χ1n) is 5.36. The quantitative estimate of drug-likeness (QED) is 0.714. The fraction of sp³-hybridized carbons (Fsp3) is 0.364. The molecule has 0 aliphatic carbocycles. The Kier molecular flexibility index (Phi) is 5.06. The van der Waals surface area contributed by atoms with Crippen LogP contribution in [0, 0.1) is 0 Å². The summed E-state index contributed by atoms with van der Waals surface area (Å²) in [4.78, 5) is 27.5. The number of pyridine rings is 1. The number of carboxylic acids is 1. The van der Waals surface area contributed by atoms with Gasteiger partial charge < -0.3 is 20.4 Å². The van der Waals surface area contributed by atoms with Gasteiger partial charge in [0.15, 0.2) is 0 Å². The summed E-state index contributed by atoms with van der Waals surface area (Å²) >= 11 is 0. The molecular formula is C11H15N3O4. The molecule has 0 aromatic carbocycles. The summed E-state index contributed by atoms with van der Waals surface area (Å²) in [6.45, 7) is 0.419. The average molecular weight is 253 g/mol. The van der Waals surface area contributed by atoms with Crippen molar-refractivity contribution >= 4 is 17.7 Å². The van der Waals surface area contributed by atoms with Gasteiger partial charge in [-0.1, -0.05) is 0 Å². The molecule has 0 saturated carbocycles. The van der Waals surface area contributed by atoms with E-state index in [-0.39, 0.29) is 18.2 Å². The summed E-state index contributed by atoms with van der Waals surface area (Å²) in [6, 6.07) is 0.945. The normalized spacial score (nSPS) is 9.89. The lowest BCUT2D eigenvalue weighted by Gasteiger charge is -2.17. The molecule has 0 radical (unpaired) electrons. The van der Waals surface area contributed by atoms with Crippen LogP contribution < -0.4 is 5.32 Å². The van der Waals surface area contributed by atoms with Crippen molar-refractivity contribution in [1.29, 1.82) is 0 Å². The zero-order valence-corrected chi connectivity index (χ0v) is 9.96. The number of urea groups is 1. The van der Waals surface area contributed by atoms with Crippen molar-refractivity contribution < 1.29 is 19.8 Å². The third-order valence-electron chi connectivity index (χ3n) is 2.23. The third-order valence-corrected chi connectivity index (χ3v) is 2.23. The SMILES string of the molecule is CN(CCCO)C(=O)Nc1cncc(C(=O)O)c1. The van der Waals surface area contributed by atoms with Crippen LogP contribution in [0.25, 0.3) is 0 Å². The number of aromatic nitrogens is 1. The maximum atomic E-state index is 11.7. The molecule has 0 spiro atoms. The van der Waals surface area contributed by atoms with Crippen LogP contribution in [0.4, 0.5) is 10.5 Å². The summed E-state index contributed by atoms with van der Waals surface area (Å²) in [5.74, 6) is -1.10. The van der Waals surface area contributed by atoms with Crippen molar-refractivity contribution in [3.05, 3.63) is 24.0 Å². The molecule has 18 heavy (non-hydrogen) atoms. The Morgan fingerprint density at radius 3 is 2.78 bits per heavy atom. The monoisotopic (exact) mass is 253 g/mol. The molecular weight excluding hydrogens is 238 g/mol. The first kappa shape index (κ1) is 13.9. The van der Waals surface area contributed by atoms with Crippen LogP contribution in [-0.4, -0.2) is 52.3 Å². The standard InChI is InChI=1S/C11H15N3O4/c1-14(3-2-4-15)11(18)13-9-5-8(10(16)17)6-12-7-9/h5-7,15H,2-4H2,1H3,(H,13,18)(H,16,17). The highest BCUT2D eigenvalue weighted by molar-refractivity contribution is 5.92. The number of nitrogens with zero attached hydrogens (tertiary/aromatic N) is 2. The van der Waals surface area contributed by atoms with Crippen LogP contribution in [0.5, 0.6) is 0 Å². The van der Waals surface area contributed by atoms with Gasteiger partial charge in [-0.15, -0.1) is 0 Å². The molecule has 0 aliphatic rings. The van der Waals surface area contributed by atoms with Gasteiger partial charge in [0.05, 0.1) is 17.4 Å². The predicted molar refractivity (Wildman–Crippen MR) is 64.5 cm³/mol. The molecule has 1 aromatic heterocycles. The molecule has 0 aliphatic heterocycles. The van der Waals surface area contributed by atoms with E-state index >= 15 is 0 Å². The molecule has 0 fully saturated rings. The number of aliphatic hydroxyl groups is 1. The van der Waals surface area contributed by atoms with E-state index in [1.165, 1.54) is 23.4 Å². The lowest BCUT2D eigenvalue weighted by Crippen LogP contribution is -2.32. The van der Waals surface area contributed by atoms with E-state index in [1.807, 2.05) is 0 Å². The van der Waals surface area contributed by atoms with Gasteiger partial charge >= 0.3 is 12.0 Å². The van der Waals surface area contributed by atoms with Crippen molar-refractivity contribution in [2.45, 2.75) is 6.42 Å². The van der Waals surface area contributed by atoms with E-state index in [1.54, 1.807) is 7.05 Å². The van der Waals surface area contributed by atoms with E-state index in [0.29, 0.717) is 18.7 Å². The van der Waals surface area contributed by atoms with Crippen LogP contribution in [0.2, 0.25) is 0 Å². The van der Waals surface area contributed by atoms with Gasteiger partial charge in [-0.2, -0.15) is 0 Å². The Morgan fingerprint density at radius 2 is 2.17 bits per heavy atom. The van der Waals surface area contributed by atoms with Gasteiger partial charge in [0.25, 0.3) is 0 Å². The van der Waals surface area contributed by atoms with E-state index < -0.39 is 5.97 Å². The van der Waals surface area contributed by atoms with Crippen molar-refractivity contribution in [3.8, 4) is 0 Å². The molecule has 7 nitrogen and oxygen atoms in total. The largest absolute Gasteiger partial charge is 0.478 e. The number of hydrogen-bond donors (Lipinski definition) is 3. The van der Waals surface area contributed by atoms with Crippen LogP contribution in [0.1, 0.15) is 16.8 Å². The molecule has 3 N–H and O–H groups in total. The molecule has 0 atom stereocenters. The molecule has 2 amide bonds. The molecule has 98 valence electrons. The first-order valence-corrected chi connectivity index (χ1v) is 5.36. The zero-order chi connectivity index (χ0) is 13.5. The van der Waals surface area contributed by atoms with Gasteiger partial charge in [0.2, 0.25) is 0 Å². The number of hydrogen-bond acceptors (Lipinski definition) is 4. The van der Waals surface area contributed by atoms with Gasteiger partial charge in [-0.25, -0.2) is 9.59 Å². The molecule has 0 bridgehead atoms. The number of amides is 2. The molecule has 0 saturated heterocycles. The van der Waals surface area contributed by atoms with Crippen molar-refractivity contribution in [1.82, 2.24) is 9.88 Å². The number of aromatic carboxylic acids is 1. The number of carbonyl (C=O) groups excluding carboxylic acids is 1. The maximum Gasteiger partial charge on any atom is 0.337 e. The van der Waals surface area contributed by atoms with Gasteiger partial charge in [-0.05, 0) is 12.5 Å². The predicted octanol–water partition coefficient (Wildman–Crippen LogP) is 0.626. The van der Waals surface area contributed by atoms with Crippen LogP contribution in [0.3, 0.4) is 0 Å². The maximum absolute atomic E-state index is 11.7. The zero-order valence-electron chi connectivity index (χ0n) is 9.96. The smallest absolute Gasteiger partial charge is 0.337 e. The van der Waals surface area contributed by atoms with Crippen molar-refractivity contribution in [2.24, 2.45) is 0 Å². The second kappa shape index (κ2) is 6.55. The minimum atomic E-state index is -1.10. The molecule has 1 rings (SSSR count). The Bertz CT molecular complexity index is 436. The number of anilines is 1.